The monoisotopic (exact) mass is 291 g/mol. The van der Waals surface area contributed by atoms with Crippen molar-refractivity contribution in [2.45, 2.75) is 24.7 Å². The van der Waals surface area contributed by atoms with Gasteiger partial charge in [-0.15, -0.1) is 0 Å². The molecule has 1 heterocycles. The molecule has 0 bridgehead atoms. The SMILES string of the molecule is C[C@]1(c2cc(N)ccc2F)N=C(N)CO[C@H]1C(F)(F)F. The maximum atomic E-state index is 13.9. The zero-order chi connectivity index (χ0) is 15.1. The van der Waals surface area contributed by atoms with Crippen LogP contribution in [0.2, 0.25) is 0 Å². The Balaban J connectivity index is 2.63. The van der Waals surface area contributed by atoms with Gasteiger partial charge in [-0.25, -0.2) is 4.39 Å². The maximum Gasteiger partial charge on any atom is 0.417 e. The number of aliphatic imine (C=N–C) groups is 1. The number of nitrogens with zero attached hydrogens (tertiary/aromatic N) is 1. The number of rotatable bonds is 1. The van der Waals surface area contributed by atoms with Crippen LogP contribution < -0.4 is 11.5 Å². The van der Waals surface area contributed by atoms with E-state index in [2.05, 4.69) is 4.99 Å². The van der Waals surface area contributed by atoms with Crippen LogP contribution in [-0.4, -0.2) is 24.7 Å². The van der Waals surface area contributed by atoms with Crippen LogP contribution in [0.3, 0.4) is 0 Å². The van der Waals surface area contributed by atoms with E-state index in [0.717, 1.165) is 19.1 Å². The van der Waals surface area contributed by atoms with Crippen LogP contribution in [0.15, 0.2) is 23.2 Å². The van der Waals surface area contributed by atoms with E-state index >= 15 is 0 Å². The fourth-order valence-electron chi connectivity index (χ4n) is 2.27. The van der Waals surface area contributed by atoms with E-state index in [0.29, 0.717) is 0 Å². The molecule has 0 aliphatic carbocycles. The standard InChI is InChI=1S/C12H13F4N3O/c1-11(7-4-6(17)2-3-8(7)13)10(12(14,15)16)20-5-9(18)19-11/h2-4,10H,5,17H2,1H3,(H2,18,19)/t10-,11-/m1/s1. The van der Waals surface area contributed by atoms with Crippen molar-refractivity contribution >= 4 is 11.5 Å². The first-order chi connectivity index (χ1) is 9.14. The Kier molecular flexibility index (Phi) is 3.37. The molecule has 4 nitrogen and oxygen atoms in total. The largest absolute Gasteiger partial charge is 0.417 e. The van der Waals surface area contributed by atoms with Crippen molar-refractivity contribution in [3.63, 3.8) is 0 Å². The first-order valence-corrected chi connectivity index (χ1v) is 5.72. The van der Waals surface area contributed by atoms with Crippen molar-refractivity contribution in [1.82, 2.24) is 0 Å². The second kappa shape index (κ2) is 4.62. The number of hydrogen-bond donors (Lipinski definition) is 2. The Morgan fingerprint density at radius 1 is 1.35 bits per heavy atom. The van der Waals surface area contributed by atoms with Crippen LogP contribution in [0, 0.1) is 5.82 Å². The van der Waals surface area contributed by atoms with E-state index in [-0.39, 0.29) is 17.1 Å². The van der Waals surface area contributed by atoms with Gasteiger partial charge >= 0.3 is 6.18 Å². The predicted octanol–water partition coefficient (Wildman–Crippen LogP) is 1.94. The van der Waals surface area contributed by atoms with Gasteiger partial charge in [-0.05, 0) is 25.1 Å². The van der Waals surface area contributed by atoms with Crippen LogP contribution in [0.4, 0.5) is 23.2 Å². The number of benzene rings is 1. The number of ether oxygens (including phenoxy) is 1. The van der Waals surface area contributed by atoms with Gasteiger partial charge in [0.2, 0.25) is 0 Å². The Labute approximate surface area is 112 Å². The molecule has 1 aromatic rings. The number of hydrogen-bond acceptors (Lipinski definition) is 4. The summed E-state index contributed by atoms with van der Waals surface area (Å²) >= 11 is 0. The number of halogens is 4. The number of nitrogen functional groups attached to an aromatic ring is 1. The van der Waals surface area contributed by atoms with Crippen LogP contribution in [0.5, 0.6) is 0 Å². The number of amidine groups is 1. The van der Waals surface area contributed by atoms with E-state index in [9.17, 15) is 17.6 Å². The summed E-state index contributed by atoms with van der Waals surface area (Å²) in [6, 6.07) is 3.35. The fraction of sp³-hybridized carbons (Fsp3) is 0.417. The highest BCUT2D eigenvalue weighted by molar-refractivity contribution is 5.82. The molecule has 2 rings (SSSR count). The molecule has 1 aliphatic heterocycles. The second-order valence-electron chi connectivity index (χ2n) is 4.72. The van der Waals surface area contributed by atoms with Crippen LogP contribution in [0.1, 0.15) is 12.5 Å². The number of nitrogens with two attached hydrogens (primary N) is 2. The molecule has 0 saturated heterocycles. The molecule has 0 amide bonds. The van der Waals surface area contributed by atoms with Crippen molar-refractivity contribution in [2.75, 3.05) is 12.3 Å². The molecule has 1 aliphatic rings. The van der Waals surface area contributed by atoms with Gasteiger partial charge in [0.15, 0.2) is 6.10 Å². The van der Waals surface area contributed by atoms with Gasteiger partial charge in [-0.1, -0.05) is 0 Å². The lowest BCUT2D eigenvalue weighted by Gasteiger charge is -2.39. The van der Waals surface area contributed by atoms with Gasteiger partial charge in [-0.2, -0.15) is 13.2 Å². The second-order valence-corrected chi connectivity index (χ2v) is 4.72. The summed E-state index contributed by atoms with van der Waals surface area (Å²) in [5.74, 6) is -0.979. The molecule has 8 heteroatoms. The van der Waals surface area contributed by atoms with Crippen molar-refractivity contribution in [2.24, 2.45) is 10.7 Å². The molecule has 4 N–H and O–H groups in total. The normalized spacial score (nSPS) is 27.2. The van der Waals surface area contributed by atoms with E-state index < -0.39 is 30.2 Å². The van der Waals surface area contributed by atoms with Crippen LogP contribution in [-0.2, 0) is 10.3 Å². The fourth-order valence-corrected chi connectivity index (χ4v) is 2.27. The van der Waals surface area contributed by atoms with Gasteiger partial charge in [0, 0.05) is 11.3 Å². The highest BCUT2D eigenvalue weighted by Gasteiger charge is 2.56. The molecule has 110 valence electrons. The Morgan fingerprint density at radius 2 is 2.00 bits per heavy atom. The third-order valence-electron chi connectivity index (χ3n) is 3.12. The van der Waals surface area contributed by atoms with Gasteiger partial charge < -0.3 is 16.2 Å². The van der Waals surface area contributed by atoms with Crippen molar-refractivity contribution in [3.8, 4) is 0 Å². The summed E-state index contributed by atoms with van der Waals surface area (Å²) in [6.45, 7) is 0.665. The van der Waals surface area contributed by atoms with Crippen molar-refractivity contribution in [3.05, 3.63) is 29.6 Å². The lowest BCUT2D eigenvalue weighted by atomic mass is 9.84. The lowest BCUT2D eigenvalue weighted by Crippen LogP contribution is -2.53. The molecular weight excluding hydrogens is 278 g/mol. The molecule has 2 atom stereocenters. The minimum atomic E-state index is -4.71. The summed E-state index contributed by atoms with van der Waals surface area (Å²) in [7, 11) is 0. The molecule has 0 spiro atoms. The molecule has 1 aromatic carbocycles. The molecule has 0 radical (unpaired) electrons. The Morgan fingerprint density at radius 3 is 2.60 bits per heavy atom. The van der Waals surface area contributed by atoms with Crippen LogP contribution in [0.25, 0.3) is 0 Å². The van der Waals surface area contributed by atoms with E-state index in [1.165, 1.54) is 6.07 Å². The van der Waals surface area contributed by atoms with Gasteiger partial charge in [0.1, 0.15) is 23.8 Å². The molecular formula is C12H13F4N3O. The first-order valence-electron chi connectivity index (χ1n) is 5.72. The van der Waals surface area contributed by atoms with E-state index in [4.69, 9.17) is 16.2 Å². The molecule has 0 fully saturated rings. The summed E-state index contributed by atoms with van der Waals surface area (Å²) in [6.07, 6.45) is -7.01. The minimum Gasteiger partial charge on any atom is -0.399 e. The average Bonchev–Trinajstić information content (AvgIpc) is 2.30. The molecule has 0 aromatic heterocycles. The molecule has 20 heavy (non-hydrogen) atoms. The van der Waals surface area contributed by atoms with Gasteiger partial charge in [-0.3, -0.25) is 4.99 Å². The zero-order valence-corrected chi connectivity index (χ0v) is 10.5. The van der Waals surface area contributed by atoms with E-state index in [1.807, 2.05) is 0 Å². The first kappa shape index (κ1) is 14.6. The van der Waals surface area contributed by atoms with Crippen LogP contribution >= 0.6 is 0 Å². The molecule has 0 unspecified atom stereocenters. The van der Waals surface area contributed by atoms with Crippen molar-refractivity contribution < 1.29 is 22.3 Å². The van der Waals surface area contributed by atoms with Gasteiger partial charge in [0.25, 0.3) is 0 Å². The average molecular weight is 291 g/mol. The Bertz CT molecular complexity index is 558. The summed E-state index contributed by atoms with van der Waals surface area (Å²) in [4.78, 5) is 3.79. The quantitative estimate of drug-likeness (QED) is 0.613. The lowest BCUT2D eigenvalue weighted by molar-refractivity contribution is -0.238. The summed E-state index contributed by atoms with van der Waals surface area (Å²) in [5.41, 5.74) is 8.77. The highest BCUT2D eigenvalue weighted by atomic mass is 19.4. The maximum absolute atomic E-state index is 13.9. The highest BCUT2D eigenvalue weighted by Crippen LogP contribution is 2.43. The molecule has 0 saturated carbocycles. The van der Waals surface area contributed by atoms with Gasteiger partial charge in [0.05, 0.1) is 0 Å². The smallest absolute Gasteiger partial charge is 0.399 e. The topological polar surface area (TPSA) is 73.6 Å². The third-order valence-corrected chi connectivity index (χ3v) is 3.12. The number of anilines is 1. The van der Waals surface area contributed by atoms with Crippen molar-refractivity contribution in [1.29, 1.82) is 0 Å². The summed E-state index contributed by atoms with van der Waals surface area (Å²) < 4.78 is 57.9. The third kappa shape index (κ3) is 2.43. The van der Waals surface area contributed by atoms with E-state index in [1.54, 1.807) is 0 Å². The Hall–Kier alpha value is -1.83. The summed E-state index contributed by atoms with van der Waals surface area (Å²) in [5, 5.41) is 0. The zero-order valence-electron chi connectivity index (χ0n) is 10.5. The number of alkyl halides is 3. The predicted molar refractivity (Wildman–Crippen MR) is 65.6 cm³/mol. The minimum absolute atomic E-state index is 0.128.